The van der Waals surface area contributed by atoms with Crippen molar-refractivity contribution in [3.8, 4) is 11.8 Å². The first-order chi connectivity index (χ1) is 34.7. The second-order valence-corrected chi connectivity index (χ2v) is 27.6. The Morgan fingerprint density at radius 3 is 2.28 bits per heavy atom. The number of hydrogen-bond donors (Lipinski definition) is 5. The van der Waals surface area contributed by atoms with Crippen LogP contribution in [0.2, 0.25) is 0 Å². The lowest BCUT2D eigenvalue weighted by molar-refractivity contribution is -0.363. The van der Waals surface area contributed by atoms with Gasteiger partial charge in [-0.05, 0) is 154 Å². The highest BCUT2D eigenvalue weighted by atomic mass is 33.1. The molecule has 10 rings (SSSR count). The van der Waals surface area contributed by atoms with E-state index < -0.39 is 51.1 Å². The van der Waals surface area contributed by atoms with Crippen molar-refractivity contribution in [1.29, 1.82) is 0 Å². The lowest BCUT2D eigenvalue weighted by atomic mass is 9.34. The molecule has 16 atom stereocenters. The molecule has 0 aromatic heterocycles. The number of esters is 2. The van der Waals surface area contributed by atoms with Gasteiger partial charge >= 0.3 is 11.9 Å². The molecule has 2 aromatic rings. The largest absolute Gasteiger partial charge is 0.458 e. The summed E-state index contributed by atoms with van der Waals surface area (Å²) in [4.78, 5) is 29.1. The number of ether oxygens (including phenoxy) is 2. The van der Waals surface area contributed by atoms with Gasteiger partial charge in [-0.25, -0.2) is 10.2 Å². The van der Waals surface area contributed by atoms with E-state index in [0.717, 1.165) is 68.4 Å². The molecule has 392 valence electrons. The zero-order valence-corrected chi connectivity index (χ0v) is 45.3. The van der Waals surface area contributed by atoms with Crippen molar-refractivity contribution >= 4 is 33.5 Å². The Bertz CT molecular complexity index is 2340. The molecule has 6 fully saturated rings. The van der Waals surface area contributed by atoms with Crippen molar-refractivity contribution in [3.05, 3.63) is 83.4 Å². The van der Waals surface area contributed by atoms with Crippen LogP contribution in [0, 0.1) is 74.9 Å². The second kappa shape index (κ2) is 21.3. The molecule has 2 saturated heterocycles. The van der Waals surface area contributed by atoms with Gasteiger partial charge in [-0.3, -0.25) is 10.2 Å². The van der Waals surface area contributed by atoms with Crippen LogP contribution in [0.1, 0.15) is 154 Å². The molecule has 2 aromatic carbocycles. The van der Waals surface area contributed by atoms with E-state index in [1.165, 1.54) is 30.4 Å². The van der Waals surface area contributed by atoms with Gasteiger partial charge in [-0.1, -0.05) is 135 Å². The summed E-state index contributed by atoms with van der Waals surface area (Å²) in [7, 11) is 3.86. The van der Waals surface area contributed by atoms with E-state index >= 15 is 4.79 Å². The number of carbonyl (C=O) groups excluding carboxylic acids is 2. The highest BCUT2D eigenvalue weighted by Gasteiger charge is 2.83. The highest BCUT2D eigenvalue weighted by molar-refractivity contribution is 8.76. The van der Waals surface area contributed by atoms with Crippen LogP contribution in [0.15, 0.2) is 72.3 Å². The third-order valence-corrected chi connectivity index (χ3v) is 23.1. The average Bonchev–Trinajstić information content (AvgIpc) is 3.98. The number of nitrogens with one attached hydrogen (secondary N) is 2. The molecule has 5 N–H and O–H groups in total. The molecule has 2 spiro atoms. The lowest BCUT2D eigenvalue weighted by Gasteiger charge is -2.73. The SMILES string of the molecule is CCCCC[C@H]1C[C@@H]2NN[C@@]34C[C@]5(C)C#CC[C@]6(C[C@H](Cc7ccccc7)CC[C@@H]6CSSC[C@@H](Cc6ccccc6)C[C@H](C)CC[C@H](O)[C@@]6([C@H](O)CC[C@@](C)([C@H]2C1)[C@@H]63)[C@@]5(O)CCC1=CC(=O)OC1)C(=O)O4. The van der Waals surface area contributed by atoms with E-state index in [2.05, 4.69) is 104 Å². The van der Waals surface area contributed by atoms with Crippen LogP contribution in [0.4, 0.5) is 0 Å². The summed E-state index contributed by atoms with van der Waals surface area (Å²) in [6.07, 6.45) is 14.4. The Labute approximate surface area is 438 Å². The molecule has 4 heterocycles. The minimum absolute atomic E-state index is 0.000406. The maximum atomic E-state index is 16.5. The summed E-state index contributed by atoms with van der Waals surface area (Å²) in [5.74, 6) is 9.47. The van der Waals surface area contributed by atoms with E-state index in [0.29, 0.717) is 56.8 Å². The molecule has 4 aliphatic carbocycles. The maximum absolute atomic E-state index is 16.5. The second-order valence-electron chi connectivity index (χ2n) is 25.0. The number of rotatable bonds is 11. The number of hydrazine groups is 1. The first-order valence-electron chi connectivity index (χ1n) is 28.2. The molecule has 8 aliphatic rings. The first kappa shape index (κ1) is 52.6. The Balaban J connectivity index is 1.16. The monoisotopic (exact) mass is 1020 g/mol. The zero-order chi connectivity index (χ0) is 50.4. The number of fused-ring (bicyclic) bond motifs is 4. The fourth-order valence-electron chi connectivity index (χ4n) is 17.1. The number of aliphatic hydroxyl groups is 3. The molecule has 0 radical (unpaired) electrons. The standard InChI is InChI=1S/C61H84N2O7S2/c1-5-6-9-19-44-33-49-50(34-44)62-63-59-40-56(3)26-14-27-58(55(67)70-59)36-45(31-42-15-10-7-11-16-42)21-22-48(58)39-72-71-38-47(32-43-17-12-8-13-18-43)30-41(2)20-23-51(64)61(52(65)25-28-57(49,4)54(59)61)60(56,68)29-24-46-35-53(66)69-37-46/h7-8,10-13,15-18,35,41,44-45,47-52,54,62-65,68H,5-6,9,19-25,27-34,36-40H2,1-4H3/t41-,44-,45+,47-,48-,49+,50+,51+,52-,54-,56+,57+,58-,59-,60-,61+/m1/s1. The van der Waals surface area contributed by atoms with Crippen LogP contribution in [0.25, 0.3) is 0 Å². The van der Waals surface area contributed by atoms with Gasteiger partial charge in [0.05, 0.1) is 34.1 Å². The minimum atomic E-state index is -1.79. The van der Waals surface area contributed by atoms with Gasteiger partial charge in [0, 0.05) is 42.4 Å². The van der Waals surface area contributed by atoms with Gasteiger partial charge in [-0.15, -0.1) is 5.92 Å². The van der Waals surface area contributed by atoms with E-state index in [-0.39, 0.29) is 61.1 Å². The molecule has 0 amide bonds. The summed E-state index contributed by atoms with van der Waals surface area (Å²) < 4.78 is 13.1. The normalized spacial score (nSPS) is 43.0. The smallest absolute Gasteiger partial charge is 0.331 e. The molecule has 11 heteroatoms. The molecule has 9 nitrogen and oxygen atoms in total. The fraction of sp³-hybridized carbons (Fsp3) is 0.705. The van der Waals surface area contributed by atoms with Crippen molar-refractivity contribution in [3.63, 3.8) is 0 Å². The topological polar surface area (TPSA) is 137 Å². The van der Waals surface area contributed by atoms with Gasteiger partial charge in [0.2, 0.25) is 0 Å². The molecule has 4 bridgehead atoms. The van der Waals surface area contributed by atoms with Crippen molar-refractivity contribution in [2.75, 3.05) is 18.1 Å². The van der Waals surface area contributed by atoms with Crippen molar-refractivity contribution in [1.82, 2.24) is 10.9 Å². The summed E-state index contributed by atoms with van der Waals surface area (Å²) >= 11 is 0. The molecule has 0 unspecified atom stereocenters. The van der Waals surface area contributed by atoms with Gasteiger partial charge in [-0.2, -0.15) is 0 Å². The number of unbranched alkanes of at least 4 members (excludes halogenated alkanes) is 2. The number of cyclic esters (lactones) is 1. The van der Waals surface area contributed by atoms with E-state index in [1.807, 2.05) is 28.5 Å². The number of hydrogen-bond acceptors (Lipinski definition) is 11. The summed E-state index contributed by atoms with van der Waals surface area (Å²) in [5, 5.41) is 42.2. The Kier molecular flexibility index (Phi) is 15.6. The first-order valence-corrected chi connectivity index (χ1v) is 30.7. The van der Waals surface area contributed by atoms with Crippen LogP contribution >= 0.6 is 21.6 Å². The van der Waals surface area contributed by atoms with Crippen molar-refractivity contribution < 1.29 is 34.4 Å². The van der Waals surface area contributed by atoms with Crippen LogP contribution in [0.3, 0.4) is 0 Å². The van der Waals surface area contributed by atoms with Crippen LogP contribution in [-0.2, 0) is 31.9 Å². The highest BCUT2D eigenvalue weighted by Crippen LogP contribution is 2.75. The molecule has 4 aliphatic heterocycles. The van der Waals surface area contributed by atoms with E-state index in [9.17, 15) is 20.1 Å². The van der Waals surface area contributed by atoms with Crippen LogP contribution < -0.4 is 10.9 Å². The summed E-state index contributed by atoms with van der Waals surface area (Å²) in [5.41, 5.74) is 3.55. The summed E-state index contributed by atoms with van der Waals surface area (Å²) in [6, 6.07) is 21.5. The van der Waals surface area contributed by atoms with Crippen molar-refractivity contribution in [2.24, 2.45) is 63.1 Å². The zero-order valence-electron chi connectivity index (χ0n) is 43.7. The van der Waals surface area contributed by atoms with Crippen LogP contribution in [-0.4, -0.2) is 74.9 Å². The fourth-order valence-corrected chi connectivity index (χ4v) is 20.1. The molecule has 4 saturated carbocycles. The molecular weight excluding hydrogens is 937 g/mol. The van der Waals surface area contributed by atoms with Gasteiger partial charge in [0.25, 0.3) is 0 Å². The van der Waals surface area contributed by atoms with Crippen LogP contribution in [0.5, 0.6) is 0 Å². The lowest BCUT2D eigenvalue weighted by Crippen LogP contribution is -2.84. The minimum Gasteiger partial charge on any atom is -0.458 e. The number of aliphatic hydroxyl groups excluding tert-OH is 2. The van der Waals surface area contributed by atoms with Gasteiger partial charge in [0.1, 0.15) is 6.61 Å². The number of benzene rings is 2. The quantitative estimate of drug-likeness (QED) is 0.0637. The van der Waals surface area contributed by atoms with Gasteiger partial charge in [0.15, 0.2) is 5.72 Å². The maximum Gasteiger partial charge on any atom is 0.331 e. The van der Waals surface area contributed by atoms with Gasteiger partial charge < -0.3 is 24.8 Å². The Morgan fingerprint density at radius 2 is 1.56 bits per heavy atom. The Morgan fingerprint density at radius 1 is 0.833 bits per heavy atom. The third-order valence-electron chi connectivity index (χ3n) is 20.5. The third kappa shape index (κ3) is 9.48. The molecular formula is C61H84N2O7S2. The predicted molar refractivity (Wildman–Crippen MR) is 288 cm³/mol. The van der Waals surface area contributed by atoms with Crippen molar-refractivity contribution in [2.45, 2.75) is 186 Å². The Hall–Kier alpha value is -2.82. The summed E-state index contributed by atoms with van der Waals surface area (Å²) in [6.45, 7) is 9.12. The van der Waals surface area contributed by atoms with E-state index in [4.69, 9.17) is 9.47 Å². The molecule has 72 heavy (non-hydrogen) atoms. The predicted octanol–water partition coefficient (Wildman–Crippen LogP) is 11.0. The average molecular weight is 1020 g/mol. The van der Waals surface area contributed by atoms with E-state index in [1.54, 1.807) is 6.08 Å². The number of carbonyl (C=O) groups is 2.